The van der Waals surface area contributed by atoms with Crippen LogP contribution >= 0.6 is 0 Å². The van der Waals surface area contributed by atoms with E-state index in [2.05, 4.69) is 5.32 Å². The van der Waals surface area contributed by atoms with Crippen LogP contribution in [0.4, 0.5) is 16.2 Å². The Balaban J connectivity index is 1.42. The number of para-hydroxylation sites is 1. The largest absolute Gasteiger partial charge is 0.494 e. The second kappa shape index (κ2) is 15.7. The van der Waals surface area contributed by atoms with Crippen LogP contribution in [0, 0.1) is 0 Å². The molecule has 0 bridgehead atoms. The molecular formula is C37H41N3O7. The molecule has 3 N–H and O–H groups in total. The van der Waals surface area contributed by atoms with Gasteiger partial charge in [0.1, 0.15) is 23.7 Å². The molecule has 0 fully saturated rings. The first-order chi connectivity index (χ1) is 22.5. The van der Waals surface area contributed by atoms with E-state index in [1.807, 2.05) is 30.3 Å². The number of nitrogens with one attached hydrogen (secondary N) is 1. The summed E-state index contributed by atoms with van der Waals surface area (Å²) in [4.78, 5) is 40.6. The lowest BCUT2D eigenvalue weighted by molar-refractivity contribution is 0.0525. The number of rotatable bonds is 13. The van der Waals surface area contributed by atoms with Gasteiger partial charge in [0.15, 0.2) is 5.75 Å². The number of carbonyl (C=O) groups excluding carboxylic acids is 3. The van der Waals surface area contributed by atoms with Gasteiger partial charge in [-0.05, 0) is 81.3 Å². The van der Waals surface area contributed by atoms with Crippen molar-refractivity contribution in [3.63, 3.8) is 0 Å². The lowest BCUT2D eigenvalue weighted by Crippen LogP contribution is -2.33. The zero-order valence-corrected chi connectivity index (χ0v) is 27.4. The van der Waals surface area contributed by atoms with E-state index in [0.717, 1.165) is 5.56 Å². The first-order valence-corrected chi connectivity index (χ1v) is 15.2. The third-order valence-electron chi connectivity index (χ3n) is 7.03. The summed E-state index contributed by atoms with van der Waals surface area (Å²) in [5.74, 6) is 0.377. The van der Waals surface area contributed by atoms with Crippen molar-refractivity contribution < 1.29 is 33.3 Å². The molecule has 4 aromatic carbocycles. The number of nitrogens with two attached hydrogens (primary N) is 1. The maximum atomic E-state index is 13.7. The number of carbonyl (C=O) groups is 3. The van der Waals surface area contributed by atoms with Gasteiger partial charge in [-0.1, -0.05) is 42.5 Å². The summed E-state index contributed by atoms with van der Waals surface area (Å²) in [6.07, 6.45) is -0.0147. The molecule has 4 aromatic rings. The number of amides is 2. The zero-order valence-electron chi connectivity index (χ0n) is 27.4. The molecular weight excluding hydrogens is 598 g/mol. The van der Waals surface area contributed by atoms with Gasteiger partial charge >= 0.3 is 6.09 Å². The molecule has 0 saturated heterocycles. The number of ether oxygens (including phenoxy) is 4. The van der Waals surface area contributed by atoms with Gasteiger partial charge in [0.05, 0.1) is 36.1 Å². The molecule has 0 aliphatic rings. The quantitative estimate of drug-likeness (QED) is 0.0944. The van der Waals surface area contributed by atoms with E-state index in [4.69, 9.17) is 24.7 Å². The minimum absolute atomic E-state index is 0.0460. The van der Waals surface area contributed by atoms with Crippen molar-refractivity contribution in [2.24, 2.45) is 0 Å². The fraction of sp³-hybridized carbons (Fsp3) is 0.270. The number of anilines is 2. The second-order valence-corrected chi connectivity index (χ2v) is 11.7. The topological polar surface area (TPSA) is 129 Å². The van der Waals surface area contributed by atoms with Crippen molar-refractivity contribution in [1.82, 2.24) is 5.32 Å². The Bertz CT molecular complexity index is 1680. The van der Waals surface area contributed by atoms with Gasteiger partial charge in [-0.15, -0.1) is 0 Å². The van der Waals surface area contributed by atoms with E-state index in [9.17, 15) is 14.4 Å². The number of alkyl carbamates (subject to hydrolysis) is 1. The maximum absolute atomic E-state index is 13.7. The van der Waals surface area contributed by atoms with E-state index < -0.39 is 11.7 Å². The van der Waals surface area contributed by atoms with Crippen molar-refractivity contribution in [2.75, 3.05) is 37.9 Å². The predicted molar refractivity (Wildman–Crippen MR) is 182 cm³/mol. The normalized spacial score (nSPS) is 10.9. The Morgan fingerprint density at radius 2 is 1.47 bits per heavy atom. The molecule has 0 saturated carbocycles. The molecule has 0 aliphatic heterocycles. The molecule has 0 unspecified atom stereocenters. The Morgan fingerprint density at radius 3 is 2.15 bits per heavy atom. The monoisotopic (exact) mass is 639 g/mol. The third kappa shape index (κ3) is 9.26. The van der Waals surface area contributed by atoms with Crippen LogP contribution in [0.15, 0.2) is 91.0 Å². The number of methoxy groups -OCH3 is 1. The third-order valence-corrected chi connectivity index (χ3v) is 7.03. The molecule has 10 nitrogen and oxygen atoms in total. The summed E-state index contributed by atoms with van der Waals surface area (Å²) in [5.41, 5.74) is 8.26. The molecule has 0 spiro atoms. The van der Waals surface area contributed by atoms with E-state index in [-0.39, 0.29) is 40.9 Å². The summed E-state index contributed by atoms with van der Waals surface area (Å²) < 4.78 is 22.5. The van der Waals surface area contributed by atoms with Crippen LogP contribution in [0.2, 0.25) is 0 Å². The molecule has 0 radical (unpaired) electrons. The number of benzene rings is 4. The highest BCUT2D eigenvalue weighted by Crippen LogP contribution is 2.34. The Morgan fingerprint density at radius 1 is 0.809 bits per heavy atom. The SMILES string of the molecule is COc1c(C(=O)c2ccccc2OCCCNC(=O)OC(C)(C)C)ccc(C(=O)N(C)c2ccc(OCc3ccccc3)cc2)c1N. The van der Waals surface area contributed by atoms with Crippen molar-refractivity contribution in [3.8, 4) is 17.2 Å². The molecule has 0 atom stereocenters. The van der Waals surface area contributed by atoms with Gasteiger partial charge in [-0.3, -0.25) is 9.59 Å². The minimum Gasteiger partial charge on any atom is -0.494 e. The minimum atomic E-state index is -0.586. The average molecular weight is 640 g/mol. The van der Waals surface area contributed by atoms with E-state index in [1.54, 1.807) is 76.3 Å². The van der Waals surface area contributed by atoms with Crippen LogP contribution in [-0.2, 0) is 11.3 Å². The van der Waals surface area contributed by atoms with Crippen molar-refractivity contribution >= 4 is 29.2 Å². The fourth-order valence-electron chi connectivity index (χ4n) is 4.67. The zero-order chi connectivity index (χ0) is 34.0. The Labute approximate surface area is 275 Å². The van der Waals surface area contributed by atoms with Gasteiger partial charge in [0.2, 0.25) is 5.78 Å². The molecule has 0 aromatic heterocycles. The lowest BCUT2D eigenvalue weighted by Gasteiger charge is -2.21. The summed E-state index contributed by atoms with van der Waals surface area (Å²) in [7, 11) is 3.04. The number of hydrogen-bond donors (Lipinski definition) is 2. The molecule has 0 heterocycles. The summed E-state index contributed by atoms with van der Waals surface area (Å²) in [6.45, 7) is 6.39. The highest BCUT2D eigenvalue weighted by Gasteiger charge is 2.25. The summed E-state index contributed by atoms with van der Waals surface area (Å²) >= 11 is 0. The van der Waals surface area contributed by atoms with Crippen LogP contribution in [0.1, 0.15) is 59.0 Å². The summed E-state index contributed by atoms with van der Waals surface area (Å²) in [5, 5.41) is 2.68. The maximum Gasteiger partial charge on any atom is 0.407 e. The van der Waals surface area contributed by atoms with E-state index in [1.165, 1.54) is 24.1 Å². The Kier molecular flexibility index (Phi) is 11.5. The van der Waals surface area contributed by atoms with Crippen molar-refractivity contribution in [2.45, 2.75) is 39.4 Å². The van der Waals surface area contributed by atoms with E-state index >= 15 is 0 Å². The van der Waals surface area contributed by atoms with Crippen LogP contribution in [0.5, 0.6) is 17.2 Å². The smallest absolute Gasteiger partial charge is 0.407 e. The van der Waals surface area contributed by atoms with Gasteiger partial charge in [-0.25, -0.2) is 4.79 Å². The standard InChI is InChI=1S/C37H41N3O7/c1-37(2,3)47-36(43)39-22-11-23-45-31-15-10-9-14-28(31)33(41)30-21-20-29(32(38)34(30)44-5)35(42)40(4)26-16-18-27(19-17-26)46-24-25-12-7-6-8-13-25/h6-10,12-21H,11,22-24,38H2,1-5H3,(H,39,43). The first kappa shape index (κ1) is 34.4. The lowest BCUT2D eigenvalue weighted by atomic mass is 9.98. The van der Waals surface area contributed by atoms with Crippen LogP contribution in [0.25, 0.3) is 0 Å². The Hall–Kier alpha value is -5.51. The second-order valence-electron chi connectivity index (χ2n) is 11.7. The highest BCUT2D eigenvalue weighted by atomic mass is 16.6. The van der Waals surface area contributed by atoms with Crippen LogP contribution < -0.4 is 30.2 Å². The van der Waals surface area contributed by atoms with Gasteiger partial charge in [-0.2, -0.15) is 0 Å². The number of ketones is 1. The van der Waals surface area contributed by atoms with Gasteiger partial charge < -0.3 is 34.9 Å². The van der Waals surface area contributed by atoms with Crippen LogP contribution in [0.3, 0.4) is 0 Å². The molecule has 10 heteroatoms. The van der Waals surface area contributed by atoms with Gasteiger partial charge in [0.25, 0.3) is 5.91 Å². The molecule has 4 rings (SSSR count). The molecule has 246 valence electrons. The first-order valence-electron chi connectivity index (χ1n) is 15.2. The van der Waals surface area contributed by atoms with E-state index in [0.29, 0.717) is 42.3 Å². The van der Waals surface area contributed by atoms with Crippen LogP contribution in [-0.4, -0.2) is 50.7 Å². The molecule has 2 amide bonds. The number of nitrogen functional groups attached to an aromatic ring is 1. The van der Waals surface area contributed by atoms with Crippen molar-refractivity contribution in [3.05, 3.63) is 113 Å². The summed E-state index contributed by atoms with van der Waals surface area (Å²) in [6, 6.07) is 26.9. The number of nitrogens with zero attached hydrogens (tertiary/aromatic N) is 1. The van der Waals surface area contributed by atoms with Crippen molar-refractivity contribution in [1.29, 1.82) is 0 Å². The molecule has 47 heavy (non-hydrogen) atoms. The highest BCUT2D eigenvalue weighted by molar-refractivity contribution is 6.16. The van der Waals surface area contributed by atoms with Gasteiger partial charge in [0, 0.05) is 19.3 Å². The average Bonchev–Trinajstić information content (AvgIpc) is 3.06. The number of hydrogen-bond acceptors (Lipinski definition) is 8. The fourth-order valence-corrected chi connectivity index (χ4v) is 4.67. The predicted octanol–water partition coefficient (Wildman–Crippen LogP) is 6.66. The molecule has 0 aliphatic carbocycles.